The quantitative estimate of drug-likeness (QED) is 0.409. The Balaban J connectivity index is 1.53. The molecule has 0 unspecified atom stereocenters. The summed E-state index contributed by atoms with van der Waals surface area (Å²) in [6.45, 7) is 0. The van der Waals surface area contributed by atoms with Crippen LogP contribution in [0.2, 0.25) is 5.02 Å². The van der Waals surface area contributed by atoms with Crippen molar-refractivity contribution in [3.63, 3.8) is 0 Å². The van der Waals surface area contributed by atoms with Gasteiger partial charge in [0.25, 0.3) is 5.91 Å². The van der Waals surface area contributed by atoms with Gasteiger partial charge in [-0.15, -0.1) is 0 Å². The van der Waals surface area contributed by atoms with Crippen molar-refractivity contribution in [1.29, 1.82) is 0 Å². The van der Waals surface area contributed by atoms with Crippen LogP contribution in [0, 0.1) is 11.7 Å². The summed E-state index contributed by atoms with van der Waals surface area (Å²) in [6.07, 6.45) is -1.07. The SMILES string of the molecule is COC(=O)c1ccc(N2C(=O)[C@H]3[C@H](ON(c4ccc(Cl)cc4)[C@H]3c3ccc(F)cc3)C2=O)cc1. The number of amides is 2. The second kappa shape index (κ2) is 8.55. The number of hydrogen-bond acceptors (Lipinski definition) is 6. The van der Waals surface area contributed by atoms with E-state index in [1.807, 2.05) is 0 Å². The zero-order chi connectivity index (χ0) is 24.0. The summed E-state index contributed by atoms with van der Waals surface area (Å²) in [7, 11) is 1.27. The summed E-state index contributed by atoms with van der Waals surface area (Å²) in [5.74, 6) is -2.79. The molecule has 2 amide bonds. The van der Waals surface area contributed by atoms with Crippen molar-refractivity contribution >= 4 is 40.8 Å². The normalized spacial score (nSPS) is 21.7. The van der Waals surface area contributed by atoms with Crippen molar-refractivity contribution in [2.75, 3.05) is 17.1 Å². The number of methoxy groups -OCH3 is 1. The molecular weight excluding hydrogens is 463 g/mol. The molecule has 3 aromatic carbocycles. The molecule has 7 nitrogen and oxygen atoms in total. The first-order valence-electron chi connectivity index (χ1n) is 10.4. The second-order valence-corrected chi connectivity index (χ2v) is 8.34. The molecule has 3 atom stereocenters. The number of rotatable bonds is 4. The Kier molecular flexibility index (Phi) is 5.55. The minimum atomic E-state index is -1.07. The van der Waals surface area contributed by atoms with Gasteiger partial charge in [-0.05, 0) is 66.2 Å². The molecule has 2 fully saturated rings. The maximum atomic E-state index is 13.6. The van der Waals surface area contributed by atoms with Crippen molar-refractivity contribution in [3.8, 4) is 0 Å². The first kappa shape index (κ1) is 22.1. The zero-order valence-corrected chi connectivity index (χ0v) is 18.6. The molecule has 0 aliphatic carbocycles. The van der Waals surface area contributed by atoms with Gasteiger partial charge >= 0.3 is 5.97 Å². The number of benzene rings is 3. The molecule has 0 aromatic heterocycles. The molecule has 172 valence electrons. The van der Waals surface area contributed by atoms with E-state index in [9.17, 15) is 18.8 Å². The van der Waals surface area contributed by atoms with Gasteiger partial charge in [0.15, 0.2) is 6.10 Å². The largest absolute Gasteiger partial charge is 0.465 e. The molecule has 2 saturated heterocycles. The topological polar surface area (TPSA) is 76.2 Å². The Bertz CT molecular complexity index is 1260. The summed E-state index contributed by atoms with van der Waals surface area (Å²) in [6, 6.07) is 17.8. The van der Waals surface area contributed by atoms with Gasteiger partial charge in [0.05, 0.1) is 30.1 Å². The highest BCUT2D eigenvalue weighted by molar-refractivity contribution is 6.30. The van der Waals surface area contributed by atoms with Crippen LogP contribution in [0.4, 0.5) is 15.8 Å². The standard InChI is InChI=1S/C25H18ClFN2O5/c1-33-25(32)15-4-10-18(11-5-15)28-23(30)20-21(14-2-8-17(27)9-3-14)29(34-22(20)24(28)31)19-12-6-16(26)7-13-19/h2-13,20-22H,1H3/t20-,21+,22+/m1/s1. The van der Waals surface area contributed by atoms with Crippen LogP contribution in [0.5, 0.6) is 0 Å². The molecule has 5 rings (SSSR count). The Morgan fingerprint density at radius 3 is 2.15 bits per heavy atom. The third-order valence-corrected chi connectivity index (χ3v) is 6.21. The van der Waals surface area contributed by atoms with Gasteiger partial charge in [0, 0.05) is 5.02 Å². The van der Waals surface area contributed by atoms with Gasteiger partial charge in [0.2, 0.25) is 5.91 Å². The molecule has 0 spiro atoms. The summed E-state index contributed by atoms with van der Waals surface area (Å²) in [5, 5.41) is 2.03. The van der Waals surface area contributed by atoms with Crippen LogP contribution in [-0.2, 0) is 19.2 Å². The van der Waals surface area contributed by atoms with Crippen molar-refractivity contribution < 1.29 is 28.3 Å². The number of fused-ring (bicyclic) bond motifs is 1. The van der Waals surface area contributed by atoms with E-state index in [1.54, 1.807) is 36.4 Å². The van der Waals surface area contributed by atoms with E-state index < -0.39 is 41.7 Å². The minimum absolute atomic E-state index is 0.292. The third kappa shape index (κ3) is 3.61. The maximum absolute atomic E-state index is 13.6. The number of carbonyl (C=O) groups is 3. The van der Waals surface area contributed by atoms with E-state index in [0.717, 1.165) is 4.90 Å². The average molecular weight is 481 g/mol. The van der Waals surface area contributed by atoms with Crippen molar-refractivity contribution in [2.45, 2.75) is 12.1 Å². The molecular formula is C25H18ClFN2O5. The van der Waals surface area contributed by atoms with E-state index in [4.69, 9.17) is 21.2 Å². The molecule has 2 aliphatic rings. The van der Waals surface area contributed by atoms with Crippen molar-refractivity contribution in [2.24, 2.45) is 5.92 Å². The van der Waals surface area contributed by atoms with E-state index >= 15 is 0 Å². The van der Waals surface area contributed by atoms with Crippen LogP contribution < -0.4 is 9.96 Å². The third-order valence-electron chi connectivity index (χ3n) is 5.95. The predicted molar refractivity (Wildman–Crippen MR) is 122 cm³/mol. The summed E-state index contributed by atoms with van der Waals surface area (Å²) in [4.78, 5) is 45.7. The lowest BCUT2D eigenvalue weighted by molar-refractivity contribution is -0.126. The summed E-state index contributed by atoms with van der Waals surface area (Å²) in [5.41, 5.74) is 1.83. The number of carbonyl (C=O) groups excluding carboxylic acids is 3. The Labute approximate surface area is 199 Å². The van der Waals surface area contributed by atoms with Crippen molar-refractivity contribution in [3.05, 3.63) is 94.8 Å². The van der Waals surface area contributed by atoms with Gasteiger partial charge in [0.1, 0.15) is 11.7 Å². The molecule has 9 heteroatoms. The number of nitrogens with zero attached hydrogens (tertiary/aromatic N) is 2. The second-order valence-electron chi connectivity index (χ2n) is 7.90. The molecule has 0 bridgehead atoms. The molecule has 0 N–H and O–H groups in total. The smallest absolute Gasteiger partial charge is 0.337 e. The highest BCUT2D eigenvalue weighted by atomic mass is 35.5. The molecule has 0 radical (unpaired) electrons. The van der Waals surface area contributed by atoms with Crippen LogP contribution >= 0.6 is 11.6 Å². The maximum Gasteiger partial charge on any atom is 0.337 e. The number of halogens is 2. The van der Waals surface area contributed by atoms with E-state index in [-0.39, 0.29) is 0 Å². The minimum Gasteiger partial charge on any atom is -0.465 e. The fourth-order valence-electron chi connectivity index (χ4n) is 4.34. The predicted octanol–water partition coefficient (Wildman–Crippen LogP) is 4.32. The van der Waals surface area contributed by atoms with E-state index in [2.05, 4.69) is 0 Å². The average Bonchev–Trinajstić information content (AvgIpc) is 3.35. The number of ether oxygens (including phenoxy) is 1. The zero-order valence-electron chi connectivity index (χ0n) is 17.9. The molecule has 2 aliphatic heterocycles. The van der Waals surface area contributed by atoms with Gasteiger partial charge in [-0.1, -0.05) is 23.7 Å². The van der Waals surface area contributed by atoms with Crippen molar-refractivity contribution in [1.82, 2.24) is 0 Å². The van der Waals surface area contributed by atoms with Gasteiger partial charge in [-0.25, -0.2) is 19.1 Å². The van der Waals surface area contributed by atoms with Crippen LogP contribution in [0.25, 0.3) is 0 Å². The van der Waals surface area contributed by atoms with E-state index in [0.29, 0.717) is 27.5 Å². The van der Waals surface area contributed by atoms with Gasteiger partial charge in [-0.3, -0.25) is 14.4 Å². The number of anilines is 2. The fraction of sp³-hybridized carbons (Fsp3) is 0.160. The molecule has 2 heterocycles. The molecule has 34 heavy (non-hydrogen) atoms. The van der Waals surface area contributed by atoms with Crippen LogP contribution in [0.3, 0.4) is 0 Å². The summed E-state index contributed by atoms with van der Waals surface area (Å²) >= 11 is 6.01. The summed E-state index contributed by atoms with van der Waals surface area (Å²) < 4.78 is 18.3. The molecule has 3 aromatic rings. The lowest BCUT2D eigenvalue weighted by Gasteiger charge is -2.28. The van der Waals surface area contributed by atoms with Gasteiger partial charge in [-0.2, -0.15) is 0 Å². The van der Waals surface area contributed by atoms with Crippen LogP contribution in [0.15, 0.2) is 72.8 Å². The first-order valence-corrected chi connectivity index (χ1v) is 10.8. The molecule has 0 saturated carbocycles. The highest BCUT2D eigenvalue weighted by Crippen LogP contribution is 2.47. The van der Waals surface area contributed by atoms with Crippen LogP contribution in [0.1, 0.15) is 22.0 Å². The first-order chi connectivity index (χ1) is 16.4. The lowest BCUT2D eigenvalue weighted by Crippen LogP contribution is -2.37. The Hall–Kier alpha value is -3.75. The monoisotopic (exact) mass is 480 g/mol. The van der Waals surface area contributed by atoms with E-state index in [1.165, 1.54) is 48.6 Å². The number of hydrogen-bond donors (Lipinski definition) is 0. The van der Waals surface area contributed by atoms with Crippen LogP contribution in [-0.4, -0.2) is 31.0 Å². The lowest BCUT2D eigenvalue weighted by atomic mass is 9.90. The number of hydroxylamine groups is 1. The fourth-order valence-corrected chi connectivity index (χ4v) is 4.47. The van der Waals surface area contributed by atoms with Gasteiger partial charge < -0.3 is 4.74 Å². The highest BCUT2D eigenvalue weighted by Gasteiger charge is 2.60. The number of esters is 1. The Morgan fingerprint density at radius 2 is 1.53 bits per heavy atom. The number of imide groups is 1. The Morgan fingerprint density at radius 1 is 0.912 bits per heavy atom.